The molecule has 0 heterocycles. The van der Waals surface area contributed by atoms with E-state index >= 15 is 0 Å². The number of amides is 4. The zero-order valence-electron chi connectivity index (χ0n) is 18.5. The Bertz CT molecular complexity index is 851. The molecule has 1 rings (SSSR count). The van der Waals surface area contributed by atoms with Crippen LogP contribution in [0, 0.1) is 5.92 Å². The van der Waals surface area contributed by atoms with E-state index in [1.807, 2.05) is 0 Å². The second kappa shape index (κ2) is 13.4. The minimum atomic E-state index is -1.56. The highest BCUT2D eigenvalue weighted by Crippen LogP contribution is 2.08. The summed E-state index contributed by atoms with van der Waals surface area (Å²) in [5.74, 6) is -4.66. The molecular formula is C21H31N5O6S. The third-order valence-electron chi connectivity index (χ3n) is 4.72. The molecule has 4 atom stereocenters. The number of aliphatic carboxylic acids is 1. The molecule has 1 aromatic carbocycles. The van der Waals surface area contributed by atoms with Crippen molar-refractivity contribution >= 4 is 42.2 Å². The molecule has 0 aliphatic rings. The van der Waals surface area contributed by atoms with Crippen LogP contribution in [0.5, 0.6) is 0 Å². The Balaban J connectivity index is 3.10. The molecule has 1 aromatic rings. The summed E-state index contributed by atoms with van der Waals surface area (Å²) in [4.78, 5) is 60.6. The van der Waals surface area contributed by atoms with Crippen LogP contribution in [0.3, 0.4) is 0 Å². The van der Waals surface area contributed by atoms with Gasteiger partial charge >= 0.3 is 5.97 Å². The SMILES string of the molecule is CC(C)C(NC(=O)C(N)CS)C(=O)NC(Cc1ccccc1)C(=O)NC(CC(N)=O)C(=O)O. The van der Waals surface area contributed by atoms with Crippen LogP contribution in [-0.2, 0) is 30.4 Å². The van der Waals surface area contributed by atoms with Crippen molar-refractivity contribution in [1.82, 2.24) is 16.0 Å². The number of hydrogen-bond acceptors (Lipinski definition) is 7. The van der Waals surface area contributed by atoms with Gasteiger partial charge in [-0.25, -0.2) is 4.79 Å². The lowest BCUT2D eigenvalue weighted by Crippen LogP contribution is -2.59. The molecule has 12 heteroatoms. The van der Waals surface area contributed by atoms with Crippen LogP contribution >= 0.6 is 12.6 Å². The number of hydrogen-bond donors (Lipinski definition) is 7. The fourth-order valence-electron chi connectivity index (χ4n) is 2.87. The summed E-state index contributed by atoms with van der Waals surface area (Å²) < 4.78 is 0. The predicted octanol–water partition coefficient (Wildman–Crippen LogP) is -1.44. The van der Waals surface area contributed by atoms with Gasteiger partial charge in [-0.15, -0.1) is 0 Å². The zero-order chi connectivity index (χ0) is 25.1. The third-order valence-corrected chi connectivity index (χ3v) is 5.11. The van der Waals surface area contributed by atoms with Crippen LogP contribution in [0.25, 0.3) is 0 Å². The van der Waals surface area contributed by atoms with E-state index in [4.69, 9.17) is 11.5 Å². The summed E-state index contributed by atoms with van der Waals surface area (Å²) in [6.45, 7) is 3.41. The fraction of sp³-hybridized carbons (Fsp3) is 0.476. The van der Waals surface area contributed by atoms with Gasteiger partial charge in [-0.3, -0.25) is 19.2 Å². The normalized spacial score (nSPS) is 14.5. The van der Waals surface area contributed by atoms with E-state index < -0.39 is 60.2 Å². The summed E-state index contributed by atoms with van der Waals surface area (Å²) in [6.07, 6.45) is -0.574. The standard InChI is InChI=1S/C21H31N5O6S/c1-11(2)17(26-18(28)13(22)10-33)20(30)24-14(8-12-6-4-3-5-7-12)19(29)25-15(21(31)32)9-16(23)27/h3-7,11,13-15,17,33H,8-10,22H2,1-2H3,(H2,23,27)(H,24,30)(H,25,29)(H,26,28)(H,31,32). The van der Waals surface area contributed by atoms with Gasteiger partial charge in [-0.05, 0) is 11.5 Å². The average Bonchev–Trinajstić information content (AvgIpc) is 2.75. The molecule has 182 valence electrons. The smallest absolute Gasteiger partial charge is 0.326 e. The number of nitrogens with one attached hydrogen (secondary N) is 3. The molecule has 0 aliphatic carbocycles. The second-order valence-electron chi connectivity index (χ2n) is 7.84. The molecule has 11 nitrogen and oxygen atoms in total. The van der Waals surface area contributed by atoms with Crippen LogP contribution < -0.4 is 27.4 Å². The van der Waals surface area contributed by atoms with Crippen molar-refractivity contribution < 1.29 is 29.1 Å². The Hall–Kier alpha value is -3.12. The Morgan fingerprint density at radius 2 is 1.52 bits per heavy atom. The molecule has 0 saturated carbocycles. The highest BCUT2D eigenvalue weighted by molar-refractivity contribution is 7.80. The van der Waals surface area contributed by atoms with Crippen LogP contribution in [0.15, 0.2) is 30.3 Å². The van der Waals surface area contributed by atoms with Crippen molar-refractivity contribution in [3.63, 3.8) is 0 Å². The van der Waals surface area contributed by atoms with Crippen molar-refractivity contribution in [3.05, 3.63) is 35.9 Å². The lowest BCUT2D eigenvalue weighted by molar-refractivity contribution is -0.143. The van der Waals surface area contributed by atoms with Gasteiger partial charge in [-0.1, -0.05) is 44.2 Å². The summed E-state index contributed by atoms with van der Waals surface area (Å²) in [6, 6.07) is 4.07. The van der Waals surface area contributed by atoms with Crippen molar-refractivity contribution in [3.8, 4) is 0 Å². The first-order chi connectivity index (χ1) is 15.5. The van der Waals surface area contributed by atoms with Gasteiger partial charge in [0.15, 0.2) is 0 Å². The Kier molecular flexibility index (Phi) is 11.4. The average molecular weight is 482 g/mol. The molecule has 0 aliphatic heterocycles. The van der Waals surface area contributed by atoms with E-state index in [1.165, 1.54) is 0 Å². The van der Waals surface area contributed by atoms with Gasteiger partial charge in [0, 0.05) is 12.2 Å². The molecular weight excluding hydrogens is 450 g/mol. The number of carboxylic acid groups (broad SMARTS) is 1. The van der Waals surface area contributed by atoms with Gasteiger partial charge < -0.3 is 32.5 Å². The molecule has 4 amide bonds. The molecule has 0 fully saturated rings. The van der Waals surface area contributed by atoms with Gasteiger partial charge in [0.1, 0.15) is 18.1 Å². The highest BCUT2D eigenvalue weighted by Gasteiger charge is 2.32. The fourth-order valence-corrected chi connectivity index (χ4v) is 3.04. The lowest BCUT2D eigenvalue weighted by atomic mass is 10.0. The monoisotopic (exact) mass is 481 g/mol. The first kappa shape index (κ1) is 27.9. The van der Waals surface area contributed by atoms with Crippen LogP contribution in [0.1, 0.15) is 25.8 Å². The topological polar surface area (TPSA) is 194 Å². The van der Waals surface area contributed by atoms with E-state index in [9.17, 15) is 29.1 Å². The van der Waals surface area contributed by atoms with E-state index in [1.54, 1.807) is 44.2 Å². The number of carbonyl (C=O) groups excluding carboxylic acids is 4. The summed E-state index contributed by atoms with van der Waals surface area (Å²) >= 11 is 3.97. The Morgan fingerprint density at radius 1 is 0.939 bits per heavy atom. The molecule has 8 N–H and O–H groups in total. The first-order valence-electron chi connectivity index (χ1n) is 10.3. The minimum absolute atomic E-state index is 0.0379. The Morgan fingerprint density at radius 3 is 2.00 bits per heavy atom. The van der Waals surface area contributed by atoms with E-state index in [2.05, 4.69) is 28.6 Å². The molecule has 4 unspecified atom stereocenters. The Labute approximate surface area is 197 Å². The molecule has 0 radical (unpaired) electrons. The number of benzene rings is 1. The number of carboxylic acids is 1. The highest BCUT2D eigenvalue weighted by atomic mass is 32.1. The van der Waals surface area contributed by atoms with Gasteiger partial charge in [0.25, 0.3) is 0 Å². The largest absolute Gasteiger partial charge is 0.480 e. The maximum absolute atomic E-state index is 13.0. The van der Waals surface area contributed by atoms with Crippen LogP contribution in [-0.4, -0.2) is 64.6 Å². The van der Waals surface area contributed by atoms with Crippen molar-refractivity contribution in [2.24, 2.45) is 17.4 Å². The lowest BCUT2D eigenvalue weighted by Gasteiger charge is -2.27. The van der Waals surface area contributed by atoms with Crippen molar-refractivity contribution in [2.75, 3.05) is 5.75 Å². The molecule has 33 heavy (non-hydrogen) atoms. The van der Waals surface area contributed by atoms with Crippen LogP contribution in [0.4, 0.5) is 0 Å². The van der Waals surface area contributed by atoms with Gasteiger partial charge in [-0.2, -0.15) is 12.6 Å². The number of primary amides is 1. The van der Waals surface area contributed by atoms with Crippen molar-refractivity contribution in [2.45, 2.75) is 50.9 Å². The quantitative estimate of drug-likeness (QED) is 0.168. The van der Waals surface area contributed by atoms with Crippen LogP contribution in [0.2, 0.25) is 0 Å². The molecule has 0 aromatic heterocycles. The maximum atomic E-state index is 13.0. The van der Waals surface area contributed by atoms with Gasteiger partial charge in [0.05, 0.1) is 12.5 Å². The molecule has 0 saturated heterocycles. The summed E-state index contributed by atoms with van der Waals surface area (Å²) in [5, 5.41) is 16.6. The number of rotatable bonds is 13. The van der Waals surface area contributed by atoms with E-state index in [0.717, 1.165) is 0 Å². The van der Waals surface area contributed by atoms with E-state index in [-0.39, 0.29) is 18.1 Å². The maximum Gasteiger partial charge on any atom is 0.326 e. The minimum Gasteiger partial charge on any atom is -0.480 e. The van der Waals surface area contributed by atoms with E-state index in [0.29, 0.717) is 5.56 Å². The summed E-state index contributed by atoms with van der Waals surface area (Å²) in [7, 11) is 0. The third kappa shape index (κ3) is 9.49. The molecule has 0 bridgehead atoms. The predicted molar refractivity (Wildman–Crippen MR) is 124 cm³/mol. The zero-order valence-corrected chi connectivity index (χ0v) is 19.4. The number of thiol groups is 1. The molecule has 0 spiro atoms. The van der Waals surface area contributed by atoms with Crippen molar-refractivity contribution in [1.29, 1.82) is 0 Å². The van der Waals surface area contributed by atoms with Gasteiger partial charge in [0.2, 0.25) is 23.6 Å². The number of carbonyl (C=O) groups is 5. The number of nitrogens with two attached hydrogens (primary N) is 2. The summed E-state index contributed by atoms with van der Waals surface area (Å²) in [5.41, 5.74) is 11.4. The second-order valence-corrected chi connectivity index (χ2v) is 8.21. The first-order valence-corrected chi connectivity index (χ1v) is 10.9.